The lowest BCUT2D eigenvalue weighted by Gasteiger charge is -2.26. The van der Waals surface area contributed by atoms with Gasteiger partial charge in [0.05, 0.1) is 0 Å². The van der Waals surface area contributed by atoms with Crippen LogP contribution in [0.5, 0.6) is 0 Å². The van der Waals surface area contributed by atoms with E-state index in [4.69, 9.17) is 5.11 Å². The highest BCUT2D eigenvalue weighted by atomic mass is 16.3. The zero-order chi connectivity index (χ0) is 8.97. The summed E-state index contributed by atoms with van der Waals surface area (Å²) in [6.07, 6.45) is 7.47. The van der Waals surface area contributed by atoms with Crippen molar-refractivity contribution in [3.8, 4) is 0 Å². The summed E-state index contributed by atoms with van der Waals surface area (Å²) in [6.45, 7) is 6.26. The molecule has 0 aromatic carbocycles. The number of hydrogen-bond acceptors (Lipinski definition) is 1. The van der Waals surface area contributed by atoms with Gasteiger partial charge in [-0.2, -0.15) is 0 Å². The Labute approximate surface area is 74.8 Å². The van der Waals surface area contributed by atoms with Crippen LogP contribution in [0.1, 0.15) is 26.2 Å². The van der Waals surface area contributed by atoms with E-state index < -0.39 is 0 Å². The number of aliphatic hydroxyl groups is 1. The number of aliphatic hydroxyl groups excluding tert-OH is 1. The highest BCUT2D eigenvalue weighted by Gasteiger charge is 2.19. The van der Waals surface area contributed by atoms with Gasteiger partial charge >= 0.3 is 0 Å². The standard InChI is InChI=1S/C11H18O/c1-3-4-11-7-10(8-12)6-5-9(11)2/h3,5,10-12H,1,4,6-8H2,2H3. The molecule has 0 heterocycles. The molecule has 0 saturated carbocycles. The van der Waals surface area contributed by atoms with Crippen molar-refractivity contribution in [3.05, 3.63) is 24.3 Å². The van der Waals surface area contributed by atoms with Gasteiger partial charge in [0.15, 0.2) is 0 Å². The molecule has 2 unspecified atom stereocenters. The SMILES string of the molecule is C=CCC1CC(CO)CC=C1C. The first-order valence-corrected chi connectivity index (χ1v) is 4.66. The molecule has 0 radical (unpaired) electrons. The van der Waals surface area contributed by atoms with Crippen LogP contribution in [0.2, 0.25) is 0 Å². The Balaban J connectivity index is 2.54. The van der Waals surface area contributed by atoms with Crippen LogP contribution in [0.25, 0.3) is 0 Å². The Bertz CT molecular complexity index is 181. The molecule has 0 aromatic heterocycles. The van der Waals surface area contributed by atoms with E-state index in [1.807, 2.05) is 6.08 Å². The Hall–Kier alpha value is -0.560. The molecule has 0 amide bonds. The number of allylic oxidation sites excluding steroid dienone is 3. The molecule has 1 N–H and O–H groups in total. The smallest absolute Gasteiger partial charge is 0.0462 e. The van der Waals surface area contributed by atoms with Gasteiger partial charge in [0.2, 0.25) is 0 Å². The molecule has 1 heteroatoms. The van der Waals surface area contributed by atoms with Crippen LogP contribution in [0, 0.1) is 11.8 Å². The van der Waals surface area contributed by atoms with E-state index in [-0.39, 0.29) is 0 Å². The Morgan fingerprint density at radius 2 is 2.50 bits per heavy atom. The van der Waals surface area contributed by atoms with Crippen molar-refractivity contribution in [3.63, 3.8) is 0 Å². The molecule has 0 saturated heterocycles. The van der Waals surface area contributed by atoms with Gasteiger partial charge in [-0.3, -0.25) is 0 Å². The first-order chi connectivity index (χ1) is 5.77. The number of hydrogen-bond donors (Lipinski definition) is 1. The quantitative estimate of drug-likeness (QED) is 0.639. The summed E-state index contributed by atoms with van der Waals surface area (Å²) >= 11 is 0. The van der Waals surface area contributed by atoms with E-state index in [0.29, 0.717) is 18.4 Å². The molecule has 12 heavy (non-hydrogen) atoms. The summed E-state index contributed by atoms with van der Waals surface area (Å²) in [6, 6.07) is 0. The first kappa shape index (κ1) is 9.53. The third kappa shape index (κ3) is 2.21. The van der Waals surface area contributed by atoms with Gasteiger partial charge in [-0.1, -0.05) is 17.7 Å². The zero-order valence-corrected chi connectivity index (χ0v) is 7.79. The minimum Gasteiger partial charge on any atom is -0.396 e. The molecule has 0 fully saturated rings. The summed E-state index contributed by atoms with van der Waals surface area (Å²) in [5, 5.41) is 9.01. The van der Waals surface area contributed by atoms with Crippen molar-refractivity contribution in [1.82, 2.24) is 0 Å². The van der Waals surface area contributed by atoms with Crippen molar-refractivity contribution in [1.29, 1.82) is 0 Å². The van der Waals surface area contributed by atoms with Gasteiger partial charge in [0, 0.05) is 6.61 Å². The van der Waals surface area contributed by atoms with Gasteiger partial charge in [-0.05, 0) is 38.0 Å². The van der Waals surface area contributed by atoms with E-state index in [1.54, 1.807) is 0 Å². The van der Waals surface area contributed by atoms with Crippen LogP contribution in [-0.4, -0.2) is 11.7 Å². The summed E-state index contributed by atoms with van der Waals surface area (Å²) in [7, 11) is 0. The fraction of sp³-hybridized carbons (Fsp3) is 0.636. The second-order valence-electron chi connectivity index (χ2n) is 3.69. The molecule has 0 spiro atoms. The molecule has 1 nitrogen and oxygen atoms in total. The van der Waals surface area contributed by atoms with Crippen molar-refractivity contribution in [2.24, 2.45) is 11.8 Å². The molecule has 1 aliphatic rings. The van der Waals surface area contributed by atoms with Gasteiger partial charge in [-0.15, -0.1) is 6.58 Å². The predicted octanol–water partition coefficient (Wildman–Crippen LogP) is 2.53. The largest absolute Gasteiger partial charge is 0.396 e. The van der Waals surface area contributed by atoms with Crippen molar-refractivity contribution >= 4 is 0 Å². The Kier molecular flexibility index (Phi) is 3.54. The van der Waals surface area contributed by atoms with E-state index >= 15 is 0 Å². The van der Waals surface area contributed by atoms with Crippen LogP contribution in [0.3, 0.4) is 0 Å². The van der Waals surface area contributed by atoms with Crippen molar-refractivity contribution in [2.75, 3.05) is 6.61 Å². The average molecular weight is 166 g/mol. The van der Waals surface area contributed by atoms with Gasteiger partial charge in [-0.25, -0.2) is 0 Å². The fourth-order valence-electron chi connectivity index (χ4n) is 1.84. The minimum atomic E-state index is 0.331. The van der Waals surface area contributed by atoms with Crippen LogP contribution in [0.4, 0.5) is 0 Å². The summed E-state index contributed by atoms with van der Waals surface area (Å²) in [5.74, 6) is 1.12. The Morgan fingerprint density at radius 1 is 1.75 bits per heavy atom. The average Bonchev–Trinajstić information content (AvgIpc) is 2.09. The Morgan fingerprint density at radius 3 is 3.08 bits per heavy atom. The van der Waals surface area contributed by atoms with E-state index in [1.165, 1.54) is 5.57 Å². The molecule has 0 bridgehead atoms. The molecule has 0 aliphatic heterocycles. The van der Waals surface area contributed by atoms with Crippen molar-refractivity contribution < 1.29 is 5.11 Å². The molecule has 2 atom stereocenters. The molecule has 1 aliphatic carbocycles. The van der Waals surface area contributed by atoms with E-state index in [0.717, 1.165) is 19.3 Å². The maximum absolute atomic E-state index is 9.01. The predicted molar refractivity (Wildman–Crippen MR) is 51.9 cm³/mol. The lowest BCUT2D eigenvalue weighted by molar-refractivity contribution is 0.201. The lowest BCUT2D eigenvalue weighted by atomic mass is 9.80. The minimum absolute atomic E-state index is 0.331. The normalized spacial score (nSPS) is 29.7. The fourth-order valence-corrected chi connectivity index (χ4v) is 1.84. The topological polar surface area (TPSA) is 20.2 Å². The maximum Gasteiger partial charge on any atom is 0.0462 e. The summed E-state index contributed by atoms with van der Waals surface area (Å²) in [5.41, 5.74) is 1.47. The monoisotopic (exact) mass is 166 g/mol. The lowest BCUT2D eigenvalue weighted by Crippen LogP contribution is -2.17. The van der Waals surface area contributed by atoms with Crippen LogP contribution in [0.15, 0.2) is 24.3 Å². The van der Waals surface area contributed by atoms with E-state index in [2.05, 4.69) is 19.6 Å². The molecular formula is C11H18O. The second-order valence-corrected chi connectivity index (χ2v) is 3.69. The molecule has 68 valence electrons. The van der Waals surface area contributed by atoms with Gasteiger partial charge in [0.25, 0.3) is 0 Å². The summed E-state index contributed by atoms with van der Waals surface area (Å²) in [4.78, 5) is 0. The second kappa shape index (κ2) is 4.46. The third-order valence-electron chi connectivity index (χ3n) is 2.74. The third-order valence-corrected chi connectivity index (χ3v) is 2.74. The molecule has 1 rings (SSSR count). The van der Waals surface area contributed by atoms with Crippen LogP contribution >= 0.6 is 0 Å². The molecular weight excluding hydrogens is 148 g/mol. The van der Waals surface area contributed by atoms with Crippen LogP contribution in [-0.2, 0) is 0 Å². The van der Waals surface area contributed by atoms with Crippen molar-refractivity contribution in [2.45, 2.75) is 26.2 Å². The highest BCUT2D eigenvalue weighted by Crippen LogP contribution is 2.30. The summed E-state index contributed by atoms with van der Waals surface area (Å²) < 4.78 is 0. The highest BCUT2D eigenvalue weighted by molar-refractivity contribution is 5.09. The maximum atomic E-state index is 9.01. The van der Waals surface area contributed by atoms with Gasteiger partial charge in [0.1, 0.15) is 0 Å². The van der Waals surface area contributed by atoms with Crippen LogP contribution < -0.4 is 0 Å². The first-order valence-electron chi connectivity index (χ1n) is 4.66. The van der Waals surface area contributed by atoms with E-state index in [9.17, 15) is 0 Å². The zero-order valence-electron chi connectivity index (χ0n) is 7.79. The molecule has 0 aromatic rings. The van der Waals surface area contributed by atoms with Gasteiger partial charge < -0.3 is 5.11 Å². The number of rotatable bonds is 3.